The predicted molar refractivity (Wildman–Crippen MR) is 131 cm³/mol. The molecule has 0 bridgehead atoms. The van der Waals surface area contributed by atoms with Gasteiger partial charge in [-0.1, -0.05) is 45.7 Å². The number of anilines is 2. The fourth-order valence-electron chi connectivity index (χ4n) is 3.56. The standard InChI is InChI=1S/C23H19BrClF4N5O2/c24-17-10-14(11-31-33-22-30-12-18(26)21(32-22)34-4-6-36-7-5-34)20(35)19(25)16(17)9-13-2-1-3-15(8-13)23(27,28)29/h1-3,8,10-12,35H,4-7,9H2,(H,30,32,33)/b31-11-. The number of halogens is 6. The number of aromatic nitrogens is 2. The van der Waals surface area contributed by atoms with Gasteiger partial charge in [-0.15, -0.1) is 0 Å². The SMILES string of the molecule is Oc1c(/C=N\Nc2ncc(F)c(N3CCOCC3)n2)cc(Br)c(Cc2cccc(C(F)(F)F)c2)c1Cl. The van der Waals surface area contributed by atoms with Gasteiger partial charge in [-0.2, -0.15) is 23.3 Å². The lowest BCUT2D eigenvalue weighted by atomic mass is 10.0. The maximum Gasteiger partial charge on any atom is 0.416 e. The Morgan fingerprint density at radius 1 is 1.25 bits per heavy atom. The molecule has 0 amide bonds. The molecule has 1 aromatic heterocycles. The Hall–Kier alpha value is -2.96. The number of alkyl halides is 3. The van der Waals surface area contributed by atoms with Crippen LogP contribution in [0.1, 0.15) is 22.3 Å². The zero-order valence-corrected chi connectivity index (χ0v) is 20.8. The molecule has 1 fully saturated rings. The lowest BCUT2D eigenvalue weighted by Gasteiger charge is -2.27. The number of rotatable bonds is 6. The van der Waals surface area contributed by atoms with E-state index in [1.807, 2.05) is 0 Å². The molecule has 13 heteroatoms. The van der Waals surface area contributed by atoms with Crippen molar-refractivity contribution in [2.75, 3.05) is 36.6 Å². The first-order valence-corrected chi connectivity index (χ1v) is 11.8. The smallest absolute Gasteiger partial charge is 0.416 e. The summed E-state index contributed by atoms with van der Waals surface area (Å²) in [5.41, 5.74) is 2.83. The average molecular weight is 589 g/mol. The maximum atomic E-state index is 14.2. The molecule has 1 aliphatic heterocycles. The van der Waals surface area contributed by atoms with Crippen molar-refractivity contribution in [3.8, 4) is 5.75 Å². The van der Waals surface area contributed by atoms with E-state index >= 15 is 0 Å². The summed E-state index contributed by atoms with van der Waals surface area (Å²) in [4.78, 5) is 9.75. The summed E-state index contributed by atoms with van der Waals surface area (Å²) in [6.45, 7) is 1.90. The number of nitrogens with zero attached hydrogens (tertiary/aromatic N) is 4. The van der Waals surface area contributed by atoms with Crippen LogP contribution in [0.25, 0.3) is 0 Å². The van der Waals surface area contributed by atoms with Gasteiger partial charge in [0, 0.05) is 29.5 Å². The first-order valence-electron chi connectivity index (χ1n) is 10.6. The Morgan fingerprint density at radius 3 is 2.72 bits per heavy atom. The molecule has 0 radical (unpaired) electrons. The highest BCUT2D eigenvalue weighted by molar-refractivity contribution is 9.10. The van der Waals surface area contributed by atoms with Crippen LogP contribution in [0, 0.1) is 5.82 Å². The minimum Gasteiger partial charge on any atom is -0.506 e. The number of aromatic hydroxyl groups is 1. The number of phenols is 1. The Morgan fingerprint density at radius 2 is 2.00 bits per heavy atom. The van der Waals surface area contributed by atoms with E-state index in [1.165, 1.54) is 18.3 Å². The quantitative estimate of drug-likeness (QED) is 0.221. The Kier molecular flexibility index (Phi) is 7.96. The van der Waals surface area contributed by atoms with Crippen molar-refractivity contribution in [3.63, 3.8) is 0 Å². The molecule has 190 valence electrons. The van der Waals surface area contributed by atoms with E-state index in [4.69, 9.17) is 16.3 Å². The molecule has 1 aliphatic rings. The summed E-state index contributed by atoms with van der Waals surface area (Å²) in [5, 5.41) is 14.5. The summed E-state index contributed by atoms with van der Waals surface area (Å²) >= 11 is 9.70. The molecule has 1 saturated heterocycles. The number of phenolic OH excluding ortho intramolecular Hbond substituents is 1. The summed E-state index contributed by atoms with van der Waals surface area (Å²) in [5.74, 6) is -0.712. The lowest BCUT2D eigenvalue weighted by Crippen LogP contribution is -2.37. The van der Waals surface area contributed by atoms with Gasteiger partial charge in [0.1, 0.15) is 5.75 Å². The zero-order chi connectivity index (χ0) is 25.9. The van der Waals surface area contributed by atoms with E-state index in [-0.39, 0.29) is 34.5 Å². The molecule has 2 aromatic carbocycles. The van der Waals surface area contributed by atoms with Crippen molar-refractivity contribution < 1.29 is 27.4 Å². The largest absolute Gasteiger partial charge is 0.506 e. The molecule has 0 saturated carbocycles. The van der Waals surface area contributed by atoms with E-state index in [9.17, 15) is 22.7 Å². The number of hydrogen-bond donors (Lipinski definition) is 2. The highest BCUT2D eigenvalue weighted by Crippen LogP contribution is 2.38. The molecule has 7 nitrogen and oxygen atoms in total. The van der Waals surface area contributed by atoms with Crippen LogP contribution in [0.15, 0.2) is 46.1 Å². The number of benzene rings is 2. The highest BCUT2D eigenvalue weighted by atomic mass is 79.9. The number of ether oxygens (including phenoxy) is 1. The van der Waals surface area contributed by atoms with Crippen LogP contribution >= 0.6 is 27.5 Å². The third-order valence-electron chi connectivity index (χ3n) is 5.36. The van der Waals surface area contributed by atoms with Crippen LogP contribution in [0.5, 0.6) is 5.75 Å². The summed E-state index contributed by atoms with van der Waals surface area (Å²) in [7, 11) is 0. The van der Waals surface area contributed by atoms with E-state index in [0.29, 0.717) is 41.9 Å². The summed E-state index contributed by atoms with van der Waals surface area (Å²) in [6.07, 6.45) is -2.12. The molecule has 2 heterocycles. The van der Waals surface area contributed by atoms with Gasteiger partial charge in [0.05, 0.1) is 36.2 Å². The molecule has 0 unspecified atom stereocenters. The number of hydrazone groups is 1. The van der Waals surface area contributed by atoms with Crippen molar-refractivity contribution in [3.05, 3.63) is 74.1 Å². The molecule has 3 aromatic rings. The van der Waals surface area contributed by atoms with Gasteiger partial charge < -0.3 is 14.7 Å². The van der Waals surface area contributed by atoms with Crippen molar-refractivity contribution in [1.82, 2.24) is 9.97 Å². The monoisotopic (exact) mass is 587 g/mol. The highest BCUT2D eigenvalue weighted by Gasteiger charge is 2.30. The molecular formula is C23H19BrClF4N5O2. The predicted octanol–water partition coefficient (Wildman–Crippen LogP) is 5.63. The van der Waals surface area contributed by atoms with E-state index < -0.39 is 17.6 Å². The first kappa shape index (κ1) is 26.1. The van der Waals surface area contributed by atoms with Gasteiger partial charge in [0.2, 0.25) is 5.95 Å². The minimum atomic E-state index is -4.47. The van der Waals surface area contributed by atoms with Crippen molar-refractivity contribution in [2.24, 2.45) is 5.10 Å². The molecule has 0 spiro atoms. The van der Waals surface area contributed by atoms with Crippen molar-refractivity contribution in [2.45, 2.75) is 12.6 Å². The molecule has 4 rings (SSSR count). The Balaban J connectivity index is 1.51. The minimum absolute atomic E-state index is 0.0316. The second kappa shape index (κ2) is 11.0. The summed E-state index contributed by atoms with van der Waals surface area (Å²) < 4.78 is 59.0. The van der Waals surface area contributed by atoms with Crippen molar-refractivity contribution in [1.29, 1.82) is 0 Å². The van der Waals surface area contributed by atoms with Gasteiger partial charge in [0.25, 0.3) is 0 Å². The fourth-order valence-corrected chi connectivity index (χ4v) is 4.53. The topological polar surface area (TPSA) is 82.9 Å². The Bertz CT molecular complexity index is 1290. The average Bonchev–Trinajstić information content (AvgIpc) is 2.86. The van der Waals surface area contributed by atoms with Gasteiger partial charge in [-0.05, 0) is 23.3 Å². The van der Waals surface area contributed by atoms with E-state index in [0.717, 1.165) is 18.3 Å². The van der Waals surface area contributed by atoms with E-state index in [1.54, 1.807) is 11.0 Å². The molecule has 2 N–H and O–H groups in total. The van der Waals surface area contributed by atoms with Gasteiger partial charge in [-0.25, -0.2) is 14.8 Å². The zero-order valence-electron chi connectivity index (χ0n) is 18.5. The molecular weight excluding hydrogens is 570 g/mol. The summed E-state index contributed by atoms with van der Waals surface area (Å²) in [6, 6.07) is 6.41. The van der Waals surface area contributed by atoms with Crippen LogP contribution < -0.4 is 10.3 Å². The van der Waals surface area contributed by atoms with Gasteiger partial charge >= 0.3 is 6.18 Å². The first-order chi connectivity index (χ1) is 17.1. The van der Waals surface area contributed by atoms with Crippen LogP contribution in [0.3, 0.4) is 0 Å². The van der Waals surface area contributed by atoms with Crippen LogP contribution in [-0.4, -0.2) is 47.6 Å². The molecule has 36 heavy (non-hydrogen) atoms. The van der Waals surface area contributed by atoms with Gasteiger partial charge in [0.15, 0.2) is 11.6 Å². The van der Waals surface area contributed by atoms with Gasteiger partial charge in [-0.3, -0.25) is 0 Å². The van der Waals surface area contributed by atoms with Crippen LogP contribution in [-0.2, 0) is 17.3 Å². The normalized spacial score (nSPS) is 14.4. The lowest BCUT2D eigenvalue weighted by molar-refractivity contribution is -0.137. The number of morpholine rings is 1. The Labute approximate surface area is 216 Å². The van der Waals surface area contributed by atoms with E-state index in [2.05, 4.69) is 36.4 Å². The number of hydrogen-bond acceptors (Lipinski definition) is 7. The van der Waals surface area contributed by atoms with Crippen molar-refractivity contribution >= 4 is 45.5 Å². The molecule has 0 aliphatic carbocycles. The second-order valence-corrected chi connectivity index (χ2v) is 9.03. The van der Waals surface area contributed by atoms with Crippen LogP contribution in [0.4, 0.5) is 29.3 Å². The molecule has 0 atom stereocenters. The van der Waals surface area contributed by atoms with Crippen LogP contribution in [0.2, 0.25) is 5.02 Å². The third kappa shape index (κ3) is 6.05. The fraction of sp³-hybridized carbons (Fsp3) is 0.261. The second-order valence-electron chi connectivity index (χ2n) is 7.80. The number of nitrogens with one attached hydrogen (secondary N) is 1. The maximum absolute atomic E-state index is 14.2. The third-order valence-corrected chi connectivity index (χ3v) is 6.47.